The Kier molecular flexibility index (Phi) is 2.44. The van der Waals surface area contributed by atoms with Crippen LogP contribution >= 0.6 is 11.6 Å². The van der Waals surface area contributed by atoms with E-state index < -0.39 is 0 Å². The summed E-state index contributed by atoms with van der Waals surface area (Å²) in [6.45, 7) is 2.05. The van der Waals surface area contributed by atoms with Gasteiger partial charge >= 0.3 is 0 Å². The highest BCUT2D eigenvalue weighted by Gasteiger charge is 2.45. The predicted molar refractivity (Wildman–Crippen MR) is 66.5 cm³/mol. The van der Waals surface area contributed by atoms with Gasteiger partial charge in [0.2, 0.25) is 0 Å². The second-order valence-corrected chi connectivity index (χ2v) is 4.83. The molecule has 88 valence electrons. The summed E-state index contributed by atoms with van der Waals surface area (Å²) in [6.07, 6.45) is 2.90. The Hall–Kier alpha value is -1.35. The number of carbonyl (C=O) groups excluding carboxylic acids is 1. The number of hydrogen-bond donors (Lipinski definition) is 0. The first-order valence-electron chi connectivity index (χ1n) is 5.74. The van der Waals surface area contributed by atoms with Gasteiger partial charge in [-0.1, -0.05) is 6.07 Å². The second-order valence-electron chi connectivity index (χ2n) is 4.56. The largest absolute Gasteiger partial charge is 0.304 e. The molecule has 0 radical (unpaired) electrons. The maximum absolute atomic E-state index is 11.5. The minimum atomic E-state index is 0.0936. The van der Waals surface area contributed by atoms with E-state index in [4.69, 9.17) is 11.6 Å². The summed E-state index contributed by atoms with van der Waals surface area (Å²) >= 11 is 5.58. The van der Waals surface area contributed by atoms with Gasteiger partial charge in [-0.3, -0.25) is 4.79 Å². The van der Waals surface area contributed by atoms with Crippen LogP contribution in [0.25, 0.3) is 5.65 Å². The molecular weight excluding hydrogens is 236 g/mol. The fourth-order valence-corrected chi connectivity index (χ4v) is 2.64. The number of halogens is 1. The van der Waals surface area contributed by atoms with E-state index >= 15 is 0 Å². The van der Waals surface area contributed by atoms with Crippen LogP contribution in [0.2, 0.25) is 0 Å². The van der Waals surface area contributed by atoms with Crippen molar-refractivity contribution in [2.75, 3.05) is 5.88 Å². The summed E-state index contributed by atoms with van der Waals surface area (Å²) in [7, 11) is 0. The molecule has 3 rings (SSSR count). The zero-order valence-electron chi connectivity index (χ0n) is 9.56. The number of carbonyl (C=O) groups is 1. The summed E-state index contributed by atoms with van der Waals surface area (Å²) in [5.74, 6) is 0.638. The van der Waals surface area contributed by atoms with Crippen LogP contribution in [0.3, 0.4) is 0 Å². The Balaban J connectivity index is 1.97. The van der Waals surface area contributed by atoms with Gasteiger partial charge in [0, 0.05) is 23.7 Å². The lowest BCUT2D eigenvalue weighted by molar-refractivity contribution is -0.117. The molecule has 1 aliphatic rings. The highest BCUT2D eigenvalue weighted by molar-refractivity contribution is 6.28. The Bertz CT molecular complexity index is 590. The molecule has 0 aromatic carbocycles. The van der Waals surface area contributed by atoms with E-state index in [-0.39, 0.29) is 23.5 Å². The van der Waals surface area contributed by atoms with Crippen LogP contribution in [-0.2, 0) is 4.79 Å². The monoisotopic (exact) mass is 248 g/mol. The van der Waals surface area contributed by atoms with Crippen LogP contribution in [0, 0.1) is 12.8 Å². The zero-order chi connectivity index (χ0) is 12.0. The van der Waals surface area contributed by atoms with Crippen LogP contribution in [0.15, 0.2) is 24.4 Å². The fourth-order valence-electron chi connectivity index (χ4n) is 2.44. The van der Waals surface area contributed by atoms with Crippen LogP contribution in [-0.4, -0.2) is 21.0 Å². The molecule has 0 amide bonds. The van der Waals surface area contributed by atoms with Crippen molar-refractivity contribution in [1.82, 2.24) is 9.38 Å². The van der Waals surface area contributed by atoms with E-state index in [2.05, 4.69) is 16.3 Å². The van der Waals surface area contributed by atoms with Gasteiger partial charge < -0.3 is 4.40 Å². The Morgan fingerprint density at radius 1 is 1.59 bits per heavy atom. The Labute approximate surface area is 104 Å². The molecule has 0 aliphatic heterocycles. The first kappa shape index (κ1) is 10.8. The van der Waals surface area contributed by atoms with Crippen molar-refractivity contribution >= 4 is 23.0 Å². The number of pyridine rings is 1. The quantitative estimate of drug-likeness (QED) is 0.783. The number of hydrogen-bond acceptors (Lipinski definition) is 2. The van der Waals surface area contributed by atoms with Gasteiger partial charge in [-0.15, -0.1) is 11.6 Å². The third-order valence-electron chi connectivity index (χ3n) is 3.49. The first-order chi connectivity index (χ1) is 8.22. The number of ketones is 1. The smallest absolute Gasteiger partial charge is 0.151 e. The van der Waals surface area contributed by atoms with Crippen molar-refractivity contribution < 1.29 is 4.79 Å². The van der Waals surface area contributed by atoms with Gasteiger partial charge in [-0.2, -0.15) is 0 Å². The molecule has 2 aromatic heterocycles. The van der Waals surface area contributed by atoms with E-state index in [1.165, 1.54) is 0 Å². The maximum atomic E-state index is 11.5. The number of imidazole rings is 1. The van der Waals surface area contributed by atoms with Crippen molar-refractivity contribution in [2.45, 2.75) is 19.3 Å². The number of rotatable bonds is 3. The van der Waals surface area contributed by atoms with Gasteiger partial charge in [0.05, 0.1) is 11.6 Å². The van der Waals surface area contributed by atoms with Crippen molar-refractivity contribution in [3.05, 3.63) is 35.8 Å². The van der Waals surface area contributed by atoms with Crippen LogP contribution in [0.1, 0.15) is 23.7 Å². The summed E-state index contributed by atoms with van der Waals surface area (Å²) in [5, 5.41) is 0. The van der Waals surface area contributed by atoms with E-state index in [0.29, 0.717) is 0 Å². The predicted octanol–water partition coefficient (Wildman–Crippen LogP) is 2.55. The average molecular weight is 249 g/mol. The number of Topliss-reactive ketones (excluding diaryl/α,β-unsaturated/α-hetero) is 1. The number of nitrogens with zero attached hydrogens (tertiary/aromatic N) is 2. The van der Waals surface area contributed by atoms with E-state index in [9.17, 15) is 4.79 Å². The van der Waals surface area contributed by atoms with Gasteiger partial charge in [-0.05, 0) is 25.5 Å². The van der Waals surface area contributed by atoms with E-state index in [1.807, 2.05) is 24.4 Å². The summed E-state index contributed by atoms with van der Waals surface area (Å²) in [4.78, 5) is 16.1. The molecular formula is C13H13ClN2O. The van der Waals surface area contributed by atoms with Gasteiger partial charge in [0.1, 0.15) is 5.65 Å². The molecule has 0 saturated heterocycles. The van der Waals surface area contributed by atoms with Gasteiger partial charge in [-0.25, -0.2) is 4.98 Å². The average Bonchev–Trinajstić information content (AvgIpc) is 3.08. The van der Waals surface area contributed by atoms with Crippen LogP contribution in [0.4, 0.5) is 0 Å². The lowest BCUT2D eigenvalue weighted by atomic mass is 10.1. The zero-order valence-corrected chi connectivity index (χ0v) is 10.3. The Morgan fingerprint density at radius 2 is 2.41 bits per heavy atom. The SMILES string of the molecule is Cc1c(C2CC2C(=O)CCl)nc2ccccn12. The molecule has 1 aliphatic carbocycles. The minimum absolute atomic E-state index is 0.0936. The normalized spacial score (nSPS) is 22.9. The minimum Gasteiger partial charge on any atom is -0.304 e. The number of aryl methyl sites for hydroxylation is 1. The number of fused-ring (bicyclic) bond motifs is 1. The van der Waals surface area contributed by atoms with Crippen LogP contribution < -0.4 is 0 Å². The molecule has 2 aromatic rings. The highest BCUT2D eigenvalue weighted by Crippen LogP contribution is 2.48. The summed E-state index contributed by atoms with van der Waals surface area (Å²) in [6, 6.07) is 5.94. The number of alkyl halides is 1. The third-order valence-corrected chi connectivity index (χ3v) is 3.76. The molecule has 0 bridgehead atoms. The molecule has 1 saturated carbocycles. The van der Waals surface area contributed by atoms with Crippen molar-refractivity contribution in [2.24, 2.45) is 5.92 Å². The van der Waals surface area contributed by atoms with Gasteiger partial charge in [0.25, 0.3) is 0 Å². The standard InChI is InChI=1S/C13H13ClN2O/c1-8-13(10-6-9(10)11(17)7-14)15-12-4-2-3-5-16(8)12/h2-5,9-10H,6-7H2,1H3. The highest BCUT2D eigenvalue weighted by atomic mass is 35.5. The third kappa shape index (κ3) is 1.65. The Morgan fingerprint density at radius 3 is 3.12 bits per heavy atom. The summed E-state index contributed by atoms with van der Waals surface area (Å²) < 4.78 is 2.07. The molecule has 1 fully saturated rings. The molecule has 3 nitrogen and oxygen atoms in total. The van der Waals surface area contributed by atoms with Gasteiger partial charge in [0.15, 0.2) is 5.78 Å². The lowest BCUT2D eigenvalue weighted by Gasteiger charge is -1.97. The number of aromatic nitrogens is 2. The topological polar surface area (TPSA) is 34.4 Å². The maximum Gasteiger partial charge on any atom is 0.151 e. The molecule has 2 unspecified atom stereocenters. The van der Waals surface area contributed by atoms with Crippen LogP contribution in [0.5, 0.6) is 0 Å². The van der Waals surface area contributed by atoms with Crippen molar-refractivity contribution in [3.63, 3.8) is 0 Å². The molecule has 2 atom stereocenters. The van der Waals surface area contributed by atoms with E-state index in [0.717, 1.165) is 23.5 Å². The summed E-state index contributed by atoms with van der Waals surface area (Å²) in [5.41, 5.74) is 3.14. The molecule has 4 heteroatoms. The first-order valence-corrected chi connectivity index (χ1v) is 6.28. The van der Waals surface area contributed by atoms with Crippen molar-refractivity contribution in [1.29, 1.82) is 0 Å². The second kappa shape index (κ2) is 3.84. The molecule has 17 heavy (non-hydrogen) atoms. The lowest BCUT2D eigenvalue weighted by Crippen LogP contribution is -2.03. The fraction of sp³-hybridized carbons (Fsp3) is 0.385. The molecule has 0 N–H and O–H groups in total. The molecule has 2 heterocycles. The molecule has 0 spiro atoms. The van der Waals surface area contributed by atoms with E-state index in [1.54, 1.807) is 0 Å². The van der Waals surface area contributed by atoms with Crippen molar-refractivity contribution in [3.8, 4) is 0 Å².